The smallest absolute Gasteiger partial charge is 0.0692 e. The van der Waals surface area contributed by atoms with Gasteiger partial charge in [0.2, 0.25) is 0 Å². The standard InChI is InChI=1S/C16H19N3/c1-12(17)16(14-6-9-18-10-7-14)19-11-8-13-4-2-3-5-15(13)19/h2-7,9-10,12,16H,8,11,17H2,1H3. The van der Waals surface area contributed by atoms with Gasteiger partial charge < -0.3 is 10.6 Å². The van der Waals surface area contributed by atoms with Gasteiger partial charge in [-0.15, -0.1) is 0 Å². The molecule has 2 aromatic rings. The number of hydrogen-bond donors (Lipinski definition) is 1. The second-order valence-corrected chi connectivity index (χ2v) is 5.16. The van der Waals surface area contributed by atoms with Crippen molar-refractivity contribution >= 4 is 5.69 Å². The van der Waals surface area contributed by atoms with E-state index in [4.69, 9.17) is 5.73 Å². The molecule has 3 rings (SSSR count). The average molecular weight is 253 g/mol. The number of rotatable bonds is 3. The molecular formula is C16H19N3. The van der Waals surface area contributed by atoms with Gasteiger partial charge in [0.1, 0.15) is 0 Å². The van der Waals surface area contributed by atoms with Gasteiger partial charge in [-0.3, -0.25) is 4.98 Å². The third-order valence-corrected chi connectivity index (χ3v) is 3.80. The molecule has 2 atom stereocenters. The van der Waals surface area contributed by atoms with Crippen LogP contribution < -0.4 is 10.6 Å². The summed E-state index contributed by atoms with van der Waals surface area (Å²) in [5, 5.41) is 0. The maximum Gasteiger partial charge on any atom is 0.0692 e. The van der Waals surface area contributed by atoms with E-state index >= 15 is 0 Å². The third kappa shape index (κ3) is 2.22. The topological polar surface area (TPSA) is 42.1 Å². The molecule has 2 heterocycles. The molecule has 0 radical (unpaired) electrons. The number of nitrogens with zero attached hydrogens (tertiary/aromatic N) is 2. The van der Waals surface area contributed by atoms with Crippen LogP contribution in [0.1, 0.15) is 24.1 Å². The van der Waals surface area contributed by atoms with Gasteiger partial charge in [-0.05, 0) is 42.7 Å². The summed E-state index contributed by atoms with van der Waals surface area (Å²) in [5.41, 5.74) is 10.2. The van der Waals surface area contributed by atoms with E-state index in [9.17, 15) is 0 Å². The summed E-state index contributed by atoms with van der Waals surface area (Å²) in [6.45, 7) is 3.11. The van der Waals surface area contributed by atoms with Crippen LogP contribution in [0.5, 0.6) is 0 Å². The number of fused-ring (bicyclic) bond motifs is 1. The molecule has 0 bridgehead atoms. The van der Waals surface area contributed by atoms with Crippen molar-refractivity contribution in [3.8, 4) is 0 Å². The Hall–Kier alpha value is -1.87. The molecule has 0 fully saturated rings. The van der Waals surface area contributed by atoms with E-state index < -0.39 is 0 Å². The summed E-state index contributed by atoms with van der Waals surface area (Å²) in [6.07, 6.45) is 4.78. The Morgan fingerprint density at radius 3 is 2.63 bits per heavy atom. The number of hydrogen-bond acceptors (Lipinski definition) is 3. The van der Waals surface area contributed by atoms with E-state index in [2.05, 4.69) is 53.2 Å². The molecule has 1 aliphatic rings. The van der Waals surface area contributed by atoms with Crippen molar-refractivity contribution in [2.75, 3.05) is 11.4 Å². The molecule has 3 nitrogen and oxygen atoms in total. The van der Waals surface area contributed by atoms with Crippen LogP contribution in [-0.2, 0) is 6.42 Å². The summed E-state index contributed by atoms with van der Waals surface area (Å²) in [6, 6.07) is 13.0. The molecule has 3 heteroatoms. The van der Waals surface area contributed by atoms with Crippen molar-refractivity contribution in [1.29, 1.82) is 0 Å². The van der Waals surface area contributed by atoms with Crippen LogP contribution in [0.15, 0.2) is 48.8 Å². The normalized spacial score (nSPS) is 17.1. The van der Waals surface area contributed by atoms with Crippen LogP contribution in [0.4, 0.5) is 5.69 Å². The quantitative estimate of drug-likeness (QED) is 0.914. The molecule has 0 amide bonds. The molecule has 0 spiro atoms. The number of para-hydroxylation sites is 1. The molecule has 0 aliphatic carbocycles. The fourth-order valence-electron chi connectivity index (χ4n) is 2.98. The monoisotopic (exact) mass is 253 g/mol. The Kier molecular flexibility index (Phi) is 3.22. The van der Waals surface area contributed by atoms with Gasteiger partial charge in [0.15, 0.2) is 0 Å². The molecule has 19 heavy (non-hydrogen) atoms. The lowest BCUT2D eigenvalue weighted by Gasteiger charge is -2.33. The average Bonchev–Trinajstić information content (AvgIpc) is 2.84. The van der Waals surface area contributed by atoms with Crippen molar-refractivity contribution < 1.29 is 0 Å². The Balaban J connectivity index is 1.99. The minimum atomic E-state index is 0.0774. The van der Waals surface area contributed by atoms with E-state index in [-0.39, 0.29) is 12.1 Å². The van der Waals surface area contributed by atoms with Crippen molar-refractivity contribution in [1.82, 2.24) is 4.98 Å². The van der Waals surface area contributed by atoms with E-state index in [0.717, 1.165) is 13.0 Å². The number of benzene rings is 1. The van der Waals surface area contributed by atoms with Crippen molar-refractivity contribution in [3.05, 3.63) is 59.9 Å². The van der Waals surface area contributed by atoms with Crippen LogP contribution in [0.25, 0.3) is 0 Å². The van der Waals surface area contributed by atoms with Crippen LogP contribution in [0.3, 0.4) is 0 Å². The molecular weight excluding hydrogens is 234 g/mol. The summed E-state index contributed by atoms with van der Waals surface area (Å²) in [5.74, 6) is 0. The van der Waals surface area contributed by atoms with Crippen molar-refractivity contribution in [3.63, 3.8) is 0 Å². The lowest BCUT2D eigenvalue weighted by Crippen LogP contribution is -2.38. The van der Waals surface area contributed by atoms with Gasteiger partial charge in [0.25, 0.3) is 0 Å². The third-order valence-electron chi connectivity index (χ3n) is 3.80. The predicted octanol–water partition coefficient (Wildman–Crippen LogP) is 2.53. The second-order valence-electron chi connectivity index (χ2n) is 5.16. The van der Waals surface area contributed by atoms with Crippen LogP contribution in [-0.4, -0.2) is 17.6 Å². The molecule has 1 aliphatic heterocycles. The maximum atomic E-state index is 6.24. The maximum absolute atomic E-state index is 6.24. The SMILES string of the molecule is CC(N)C(c1ccncc1)N1CCc2ccccc21. The Morgan fingerprint density at radius 2 is 1.89 bits per heavy atom. The lowest BCUT2D eigenvalue weighted by atomic mass is 10.00. The molecule has 0 saturated carbocycles. The Morgan fingerprint density at radius 1 is 1.16 bits per heavy atom. The first-order chi connectivity index (χ1) is 9.27. The summed E-state index contributed by atoms with van der Waals surface area (Å²) < 4.78 is 0. The minimum Gasteiger partial charge on any atom is -0.362 e. The highest BCUT2D eigenvalue weighted by atomic mass is 15.2. The largest absolute Gasteiger partial charge is 0.362 e. The number of anilines is 1. The first-order valence-electron chi connectivity index (χ1n) is 6.77. The fourth-order valence-corrected chi connectivity index (χ4v) is 2.98. The second kappa shape index (κ2) is 5.02. The molecule has 2 N–H and O–H groups in total. The van der Waals surface area contributed by atoms with Gasteiger partial charge in [0, 0.05) is 30.7 Å². The van der Waals surface area contributed by atoms with Crippen molar-refractivity contribution in [2.45, 2.75) is 25.4 Å². The van der Waals surface area contributed by atoms with Crippen LogP contribution in [0.2, 0.25) is 0 Å². The fraction of sp³-hybridized carbons (Fsp3) is 0.312. The number of aromatic nitrogens is 1. The van der Waals surface area contributed by atoms with Crippen molar-refractivity contribution in [2.24, 2.45) is 5.73 Å². The predicted molar refractivity (Wildman–Crippen MR) is 78.1 cm³/mol. The van der Waals surface area contributed by atoms with E-state index in [1.807, 2.05) is 12.4 Å². The van der Waals surface area contributed by atoms with Gasteiger partial charge in [0.05, 0.1) is 6.04 Å². The zero-order valence-electron chi connectivity index (χ0n) is 11.2. The van der Waals surface area contributed by atoms with Gasteiger partial charge in [-0.1, -0.05) is 18.2 Å². The molecule has 0 saturated heterocycles. The van der Waals surface area contributed by atoms with E-state index in [1.165, 1.54) is 16.8 Å². The zero-order valence-corrected chi connectivity index (χ0v) is 11.2. The zero-order chi connectivity index (χ0) is 13.2. The lowest BCUT2D eigenvalue weighted by molar-refractivity contribution is 0.541. The van der Waals surface area contributed by atoms with E-state index in [0.29, 0.717) is 0 Å². The Labute approximate surface area is 114 Å². The van der Waals surface area contributed by atoms with Crippen LogP contribution in [0, 0.1) is 0 Å². The van der Waals surface area contributed by atoms with E-state index in [1.54, 1.807) is 0 Å². The Bertz CT molecular complexity index is 551. The highest BCUT2D eigenvalue weighted by molar-refractivity contribution is 5.59. The highest BCUT2D eigenvalue weighted by Crippen LogP contribution is 2.35. The summed E-state index contributed by atoms with van der Waals surface area (Å²) in [4.78, 5) is 6.52. The molecule has 1 aromatic carbocycles. The van der Waals surface area contributed by atoms with Gasteiger partial charge in [-0.2, -0.15) is 0 Å². The number of nitrogens with two attached hydrogens (primary N) is 1. The summed E-state index contributed by atoms with van der Waals surface area (Å²) in [7, 11) is 0. The summed E-state index contributed by atoms with van der Waals surface area (Å²) >= 11 is 0. The van der Waals surface area contributed by atoms with Crippen LogP contribution >= 0.6 is 0 Å². The molecule has 2 unspecified atom stereocenters. The van der Waals surface area contributed by atoms with Gasteiger partial charge in [-0.25, -0.2) is 0 Å². The molecule has 98 valence electrons. The molecule has 1 aromatic heterocycles. The first kappa shape index (κ1) is 12.2. The minimum absolute atomic E-state index is 0.0774. The first-order valence-corrected chi connectivity index (χ1v) is 6.77. The number of pyridine rings is 1. The van der Waals surface area contributed by atoms with Gasteiger partial charge >= 0.3 is 0 Å². The highest BCUT2D eigenvalue weighted by Gasteiger charge is 2.29.